The van der Waals surface area contributed by atoms with Gasteiger partial charge in [0, 0.05) is 11.8 Å². The molecule has 0 saturated carbocycles. The average Bonchev–Trinajstić information content (AvgIpc) is 2.73. The molecule has 0 unspecified atom stereocenters. The van der Waals surface area contributed by atoms with Crippen LogP contribution in [-0.2, 0) is 6.61 Å². The molecule has 0 amide bonds. The lowest BCUT2D eigenvalue weighted by atomic mass is 10.2. The summed E-state index contributed by atoms with van der Waals surface area (Å²) in [5, 5.41) is 0.364. The Hall–Kier alpha value is -3.05. The minimum Gasteiger partial charge on any atom is -0.497 e. The van der Waals surface area contributed by atoms with Gasteiger partial charge in [-0.15, -0.1) is 0 Å². The highest BCUT2D eigenvalue weighted by atomic mass is 35.5. The normalized spacial score (nSPS) is 10.9. The Morgan fingerprint density at radius 3 is 2.48 bits per heavy atom. The second-order valence-corrected chi connectivity index (χ2v) is 6.51. The quantitative estimate of drug-likeness (QED) is 0.412. The Morgan fingerprint density at radius 1 is 1.03 bits per heavy atom. The molecule has 0 N–H and O–H groups in total. The summed E-state index contributed by atoms with van der Waals surface area (Å²) < 4.78 is 30.4. The van der Waals surface area contributed by atoms with Gasteiger partial charge in [0.2, 0.25) is 0 Å². The van der Waals surface area contributed by atoms with Gasteiger partial charge in [-0.25, -0.2) is 4.39 Å². The van der Waals surface area contributed by atoms with Gasteiger partial charge in [-0.1, -0.05) is 29.8 Å². The predicted molar refractivity (Wildman–Crippen MR) is 114 cm³/mol. The molecular formula is C23H21ClFNO3. The fourth-order valence-corrected chi connectivity index (χ4v) is 2.92. The van der Waals surface area contributed by atoms with Gasteiger partial charge < -0.3 is 14.2 Å². The van der Waals surface area contributed by atoms with Gasteiger partial charge in [0.05, 0.1) is 24.4 Å². The predicted octanol–water partition coefficient (Wildman–Crippen LogP) is 6.22. The topological polar surface area (TPSA) is 40.0 Å². The van der Waals surface area contributed by atoms with Gasteiger partial charge >= 0.3 is 0 Å². The minimum absolute atomic E-state index is 0.0474. The van der Waals surface area contributed by atoms with Crippen molar-refractivity contribution in [3.05, 3.63) is 82.6 Å². The summed E-state index contributed by atoms with van der Waals surface area (Å²) in [7, 11) is 1.62. The van der Waals surface area contributed by atoms with E-state index in [2.05, 4.69) is 4.99 Å². The second kappa shape index (κ2) is 9.94. The van der Waals surface area contributed by atoms with Crippen LogP contribution in [0.5, 0.6) is 17.2 Å². The van der Waals surface area contributed by atoms with Crippen molar-refractivity contribution < 1.29 is 18.6 Å². The molecule has 0 spiro atoms. The van der Waals surface area contributed by atoms with Crippen molar-refractivity contribution in [1.29, 1.82) is 0 Å². The lowest BCUT2D eigenvalue weighted by molar-refractivity contribution is 0.266. The fraction of sp³-hybridized carbons (Fsp3) is 0.174. The van der Waals surface area contributed by atoms with Crippen molar-refractivity contribution in [2.45, 2.75) is 13.5 Å². The fourth-order valence-electron chi connectivity index (χ4n) is 2.65. The van der Waals surface area contributed by atoms with Crippen molar-refractivity contribution >= 4 is 23.5 Å². The van der Waals surface area contributed by atoms with Crippen LogP contribution in [0.15, 0.2) is 65.7 Å². The molecule has 0 bridgehead atoms. The van der Waals surface area contributed by atoms with Crippen LogP contribution in [0.25, 0.3) is 0 Å². The van der Waals surface area contributed by atoms with Gasteiger partial charge in [0.25, 0.3) is 0 Å². The number of benzene rings is 3. The van der Waals surface area contributed by atoms with Crippen LogP contribution in [0.4, 0.5) is 10.1 Å². The number of ether oxygens (including phenoxy) is 3. The Kier molecular flexibility index (Phi) is 7.09. The van der Waals surface area contributed by atoms with E-state index in [1.165, 1.54) is 6.07 Å². The SMILES string of the molecule is CCOc1cc(C=Nc2ccc(OC)cc2)cc(Cl)c1OCc1ccccc1F. The standard InChI is InChI=1S/C23H21ClFNO3/c1-3-28-22-13-16(14-26-18-8-10-19(27-2)11-9-18)12-20(24)23(22)29-15-17-6-4-5-7-21(17)25/h4-14H,3,15H2,1-2H3. The molecule has 0 fully saturated rings. The number of aliphatic imine (C=N–C) groups is 1. The molecule has 0 radical (unpaired) electrons. The minimum atomic E-state index is -0.329. The van der Waals surface area contributed by atoms with E-state index in [1.807, 2.05) is 31.2 Å². The highest BCUT2D eigenvalue weighted by molar-refractivity contribution is 6.32. The molecule has 6 heteroatoms. The van der Waals surface area contributed by atoms with E-state index in [9.17, 15) is 4.39 Å². The van der Waals surface area contributed by atoms with E-state index < -0.39 is 0 Å². The van der Waals surface area contributed by atoms with E-state index in [4.69, 9.17) is 25.8 Å². The summed E-state index contributed by atoms with van der Waals surface area (Å²) in [5.74, 6) is 1.29. The first kappa shape index (κ1) is 20.7. The zero-order valence-corrected chi connectivity index (χ0v) is 16.9. The second-order valence-electron chi connectivity index (χ2n) is 6.10. The molecule has 3 rings (SSSR count). The van der Waals surface area contributed by atoms with Crippen molar-refractivity contribution in [2.75, 3.05) is 13.7 Å². The van der Waals surface area contributed by atoms with E-state index >= 15 is 0 Å². The van der Waals surface area contributed by atoms with Crippen LogP contribution >= 0.6 is 11.6 Å². The van der Waals surface area contributed by atoms with Crippen LogP contribution in [0, 0.1) is 5.82 Å². The first-order valence-corrected chi connectivity index (χ1v) is 9.49. The Morgan fingerprint density at radius 2 is 1.79 bits per heavy atom. The summed E-state index contributed by atoms with van der Waals surface area (Å²) >= 11 is 6.42. The molecule has 3 aromatic carbocycles. The van der Waals surface area contributed by atoms with Crippen molar-refractivity contribution in [3.63, 3.8) is 0 Å². The van der Waals surface area contributed by atoms with Crippen LogP contribution < -0.4 is 14.2 Å². The zero-order chi connectivity index (χ0) is 20.6. The monoisotopic (exact) mass is 413 g/mol. The summed E-state index contributed by atoms with van der Waals surface area (Å²) in [6, 6.07) is 17.4. The lowest BCUT2D eigenvalue weighted by Gasteiger charge is -2.14. The molecule has 3 aromatic rings. The third-order valence-corrected chi connectivity index (χ3v) is 4.38. The summed E-state index contributed by atoms with van der Waals surface area (Å²) in [6.07, 6.45) is 1.69. The summed E-state index contributed by atoms with van der Waals surface area (Å²) in [4.78, 5) is 4.44. The van der Waals surface area contributed by atoms with E-state index in [-0.39, 0.29) is 12.4 Å². The average molecular weight is 414 g/mol. The molecule has 0 atom stereocenters. The van der Waals surface area contributed by atoms with Gasteiger partial charge in [-0.3, -0.25) is 4.99 Å². The number of hydrogen-bond acceptors (Lipinski definition) is 4. The molecule has 0 aliphatic rings. The third-order valence-electron chi connectivity index (χ3n) is 4.10. The highest BCUT2D eigenvalue weighted by Gasteiger charge is 2.13. The molecule has 0 saturated heterocycles. The zero-order valence-electron chi connectivity index (χ0n) is 16.2. The molecule has 29 heavy (non-hydrogen) atoms. The molecule has 0 aliphatic heterocycles. The maximum absolute atomic E-state index is 13.8. The first-order chi connectivity index (χ1) is 14.1. The Labute approximate surface area is 174 Å². The summed E-state index contributed by atoms with van der Waals surface area (Å²) in [6.45, 7) is 2.35. The highest BCUT2D eigenvalue weighted by Crippen LogP contribution is 2.37. The van der Waals surface area contributed by atoms with Crippen molar-refractivity contribution in [2.24, 2.45) is 4.99 Å². The van der Waals surface area contributed by atoms with Crippen LogP contribution in [0.3, 0.4) is 0 Å². The van der Waals surface area contributed by atoms with Gasteiger partial charge in [-0.2, -0.15) is 0 Å². The lowest BCUT2D eigenvalue weighted by Crippen LogP contribution is -2.02. The van der Waals surface area contributed by atoms with E-state index in [0.29, 0.717) is 28.7 Å². The van der Waals surface area contributed by atoms with Crippen molar-refractivity contribution in [1.82, 2.24) is 0 Å². The molecule has 0 heterocycles. The van der Waals surface area contributed by atoms with Gasteiger partial charge in [0.15, 0.2) is 11.5 Å². The number of methoxy groups -OCH3 is 1. The first-order valence-electron chi connectivity index (χ1n) is 9.11. The molecule has 4 nitrogen and oxygen atoms in total. The van der Waals surface area contributed by atoms with Crippen LogP contribution in [-0.4, -0.2) is 19.9 Å². The smallest absolute Gasteiger partial charge is 0.180 e. The van der Waals surface area contributed by atoms with Crippen LogP contribution in [0.1, 0.15) is 18.1 Å². The number of halogens is 2. The molecule has 0 aliphatic carbocycles. The molecule has 0 aromatic heterocycles. The Bertz CT molecular complexity index is 990. The number of nitrogens with zero attached hydrogens (tertiary/aromatic N) is 1. The van der Waals surface area contributed by atoms with E-state index in [1.54, 1.807) is 43.7 Å². The van der Waals surface area contributed by atoms with Gasteiger partial charge in [0.1, 0.15) is 18.2 Å². The summed E-state index contributed by atoms with van der Waals surface area (Å²) in [5.41, 5.74) is 1.98. The van der Waals surface area contributed by atoms with Crippen LogP contribution in [0.2, 0.25) is 5.02 Å². The number of rotatable bonds is 8. The largest absolute Gasteiger partial charge is 0.497 e. The maximum Gasteiger partial charge on any atom is 0.180 e. The third kappa shape index (κ3) is 5.48. The molecule has 150 valence electrons. The Balaban J connectivity index is 1.81. The molecular weight excluding hydrogens is 393 g/mol. The number of hydrogen-bond donors (Lipinski definition) is 0. The van der Waals surface area contributed by atoms with Gasteiger partial charge in [-0.05, 0) is 55.0 Å². The van der Waals surface area contributed by atoms with Crippen molar-refractivity contribution in [3.8, 4) is 17.2 Å². The maximum atomic E-state index is 13.8. The van der Waals surface area contributed by atoms with E-state index in [0.717, 1.165) is 17.0 Å².